The number of nitrogens with two attached hydrogens (primary N) is 1. The average Bonchev–Trinajstić information content (AvgIpc) is 2.68. The molecule has 0 aromatic heterocycles. The van der Waals surface area contributed by atoms with Crippen molar-refractivity contribution in [3.63, 3.8) is 0 Å². The van der Waals surface area contributed by atoms with E-state index in [0.717, 1.165) is 25.7 Å². The van der Waals surface area contributed by atoms with Gasteiger partial charge >= 0.3 is 0 Å². The summed E-state index contributed by atoms with van der Waals surface area (Å²) >= 11 is 6.00. The second-order valence-electron chi connectivity index (χ2n) is 7.71. The Labute approximate surface area is 176 Å². The Hall–Kier alpha value is -1.37. The highest BCUT2D eigenvalue weighted by Gasteiger charge is 2.35. The van der Waals surface area contributed by atoms with Crippen molar-refractivity contribution in [2.24, 2.45) is 11.1 Å². The molecular weight excluding hydrogens is 404 g/mol. The summed E-state index contributed by atoms with van der Waals surface area (Å²) in [6.07, 6.45) is 6.00. The van der Waals surface area contributed by atoms with Gasteiger partial charge in [0.2, 0.25) is 5.91 Å². The van der Waals surface area contributed by atoms with Gasteiger partial charge in [-0.2, -0.15) is 0 Å². The lowest BCUT2D eigenvalue weighted by Crippen LogP contribution is -2.52. The SMILES string of the molecule is Cl.NCC1(CC(=O)N2CCN(C(=O)c3c(F)cccc3Cl)CC2)CCCCC1. The van der Waals surface area contributed by atoms with E-state index in [1.54, 1.807) is 9.80 Å². The second-order valence-corrected chi connectivity index (χ2v) is 8.12. The lowest BCUT2D eigenvalue weighted by atomic mass is 9.71. The highest BCUT2D eigenvalue weighted by atomic mass is 35.5. The van der Waals surface area contributed by atoms with Gasteiger partial charge in [-0.3, -0.25) is 9.59 Å². The van der Waals surface area contributed by atoms with Crippen molar-refractivity contribution in [1.29, 1.82) is 0 Å². The van der Waals surface area contributed by atoms with Crippen molar-refractivity contribution in [3.8, 4) is 0 Å². The molecular formula is C20H28Cl2FN3O2. The Balaban J connectivity index is 0.00000280. The van der Waals surface area contributed by atoms with Crippen LogP contribution in [0.2, 0.25) is 5.02 Å². The molecule has 1 saturated heterocycles. The van der Waals surface area contributed by atoms with Gasteiger partial charge in [0.25, 0.3) is 5.91 Å². The zero-order valence-electron chi connectivity index (χ0n) is 16.0. The summed E-state index contributed by atoms with van der Waals surface area (Å²) < 4.78 is 14.0. The van der Waals surface area contributed by atoms with E-state index in [1.165, 1.54) is 24.6 Å². The largest absolute Gasteiger partial charge is 0.339 e. The number of rotatable bonds is 4. The second kappa shape index (κ2) is 9.90. The molecule has 0 atom stereocenters. The summed E-state index contributed by atoms with van der Waals surface area (Å²) in [5.74, 6) is -0.928. The summed E-state index contributed by atoms with van der Waals surface area (Å²) in [6.45, 7) is 2.22. The normalized spacial score (nSPS) is 19.1. The van der Waals surface area contributed by atoms with Gasteiger partial charge in [-0.1, -0.05) is 36.9 Å². The van der Waals surface area contributed by atoms with Crippen LogP contribution in [0.1, 0.15) is 48.9 Å². The molecule has 2 fully saturated rings. The minimum Gasteiger partial charge on any atom is -0.339 e. The van der Waals surface area contributed by atoms with E-state index in [1.807, 2.05) is 0 Å². The maximum absolute atomic E-state index is 14.0. The molecule has 1 aliphatic carbocycles. The molecule has 1 saturated carbocycles. The first-order valence-electron chi connectivity index (χ1n) is 9.67. The molecule has 0 spiro atoms. The third-order valence-electron chi connectivity index (χ3n) is 5.97. The maximum atomic E-state index is 14.0. The third kappa shape index (κ3) is 4.97. The van der Waals surface area contributed by atoms with Gasteiger partial charge in [0.05, 0.1) is 10.6 Å². The quantitative estimate of drug-likeness (QED) is 0.792. The van der Waals surface area contributed by atoms with Gasteiger partial charge in [0, 0.05) is 32.6 Å². The number of hydrogen-bond donors (Lipinski definition) is 1. The van der Waals surface area contributed by atoms with Crippen molar-refractivity contribution in [2.45, 2.75) is 38.5 Å². The van der Waals surface area contributed by atoms with E-state index in [2.05, 4.69) is 0 Å². The van der Waals surface area contributed by atoms with Crippen LogP contribution in [0.4, 0.5) is 4.39 Å². The first kappa shape index (κ1) is 22.9. The minimum atomic E-state index is -0.617. The number of halogens is 3. The van der Waals surface area contributed by atoms with Crippen LogP contribution >= 0.6 is 24.0 Å². The molecule has 2 amide bonds. The predicted octanol–water partition coefficient (Wildman–Crippen LogP) is 3.48. The van der Waals surface area contributed by atoms with Crippen LogP contribution in [0.15, 0.2) is 18.2 Å². The van der Waals surface area contributed by atoms with Gasteiger partial charge in [0.1, 0.15) is 5.82 Å². The Kier molecular flexibility index (Phi) is 8.10. The molecule has 1 aliphatic heterocycles. The number of amides is 2. The Morgan fingerprint density at radius 1 is 1.07 bits per heavy atom. The van der Waals surface area contributed by atoms with E-state index < -0.39 is 11.7 Å². The average molecular weight is 432 g/mol. The van der Waals surface area contributed by atoms with Crippen LogP contribution in [0.25, 0.3) is 0 Å². The van der Waals surface area contributed by atoms with Gasteiger partial charge in [-0.25, -0.2) is 4.39 Å². The zero-order valence-corrected chi connectivity index (χ0v) is 17.5. The summed E-state index contributed by atoms with van der Waals surface area (Å²) in [5.41, 5.74) is 5.84. The van der Waals surface area contributed by atoms with E-state index in [9.17, 15) is 14.0 Å². The summed E-state index contributed by atoms with van der Waals surface area (Å²) in [7, 11) is 0. The highest BCUT2D eigenvalue weighted by molar-refractivity contribution is 6.33. The molecule has 1 aromatic rings. The van der Waals surface area contributed by atoms with Crippen molar-refractivity contribution < 1.29 is 14.0 Å². The molecule has 5 nitrogen and oxygen atoms in total. The fourth-order valence-electron chi connectivity index (χ4n) is 4.21. The van der Waals surface area contributed by atoms with Gasteiger partial charge in [-0.15, -0.1) is 12.4 Å². The standard InChI is InChI=1S/C20H27ClFN3O2.ClH/c21-15-5-4-6-16(22)18(15)19(27)25-11-9-24(10-12-25)17(26)13-20(14-23)7-2-1-3-8-20;/h4-6H,1-3,7-14,23H2;1H. The molecule has 2 aliphatic rings. The van der Waals surface area contributed by atoms with Crippen LogP contribution in [0, 0.1) is 11.2 Å². The van der Waals surface area contributed by atoms with Crippen molar-refractivity contribution >= 4 is 35.8 Å². The van der Waals surface area contributed by atoms with Gasteiger partial charge in [-0.05, 0) is 36.9 Å². The molecule has 1 heterocycles. The smallest absolute Gasteiger partial charge is 0.258 e. The van der Waals surface area contributed by atoms with Crippen molar-refractivity contribution in [1.82, 2.24) is 9.80 Å². The van der Waals surface area contributed by atoms with E-state index >= 15 is 0 Å². The van der Waals surface area contributed by atoms with Crippen LogP contribution in [-0.2, 0) is 4.79 Å². The molecule has 8 heteroatoms. The number of hydrogen-bond acceptors (Lipinski definition) is 3. The van der Waals surface area contributed by atoms with E-state index in [4.69, 9.17) is 17.3 Å². The lowest BCUT2D eigenvalue weighted by molar-refractivity contribution is -0.135. The molecule has 0 radical (unpaired) electrons. The van der Waals surface area contributed by atoms with Crippen LogP contribution in [-0.4, -0.2) is 54.3 Å². The Bertz CT molecular complexity index is 682. The van der Waals surface area contributed by atoms with Crippen molar-refractivity contribution in [2.75, 3.05) is 32.7 Å². The first-order valence-corrected chi connectivity index (χ1v) is 10.0. The number of nitrogens with zero attached hydrogens (tertiary/aromatic N) is 2. The minimum absolute atomic E-state index is 0. The Morgan fingerprint density at radius 3 is 2.25 bits per heavy atom. The van der Waals surface area contributed by atoms with Gasteiger partial charge < -0.3 is 15.5 Å². The fraction of sp³-hybridized carbons (Fsp3) is 0.600. The van der Waals surface area contributed by atoms with Crippen LogP contribution in [0.5, 0.6) is 0 Å². The fourth-order valence-corrected chi connectivity index (χ4v) is 4.45. The van der Waals surface area contributed by atoms with Crippen LogP contribution in [0.3, 0.4) is 0 Å². The lowest BCUT2D eigenvalue weighted by Gasteiger charge is -2.39. The predicted molar refractivity (Wildman–Crippen MR) is 110 cm³/mol. The van der Waals surface area contributed by atoms with E-state index in [0.29, 0.717) is 39.1 Å². The van der Waals surface area contributed by atoms with Crippen LogP contribution < -0.4 is 5.73 Å². The third-order valence-corrected chi connectivity index (χ3v) is 6.28. The molecule has 0 unspecified atom stereocenters. The summed E-state index contributed by atoms with van der Waals surface area (Å²) in [5, 5.41) is 0.112. The molecule has 3 rings (SSSR count). The molecule has 1 aromatic carbocycles. The topological polar surface area (TPSA) is 66.6 Å². The van der Waals surface area contributed by atoms with Gasteiger partial charge in [0.15, 0.2) is 0 Å². The molecule has 2 N–H and O–H groups in total. The van der Waals surface area contributed by atoms with Crippen molar-refractivity contribution in [3.05, 3.63) is 34.6 Å². The highest BCUT2D eigenvalue weighted by Crippen LogP contribution is 2.38. The number of benzene rings is 1. The van der Waals surface area contributed by atoms with E-state index in [-0.39, 0.29) is 34.3 Å². The first-order chi connectivity index (χ1) is 13.0. The monoisotopic (exact) mass is 431 g/mol. The summed E-state index contributed by atoms with van der Waals surface area (Å²) in [6, 6.07) is 4.22. The molecule has 28 heavy (non-hydrogen) atoms. The summed E-state index contributed by atoms with van der Waals surface area (Å²) in [4.78, 5) is 28.8. The molecule has 0 bridgehead atoms. The maximum Gasteiger partial charge on any atom is 0.258 e. The number of piperazine rings is 1. The number of carbonyl (C=O) groups excluding carboxylic acids is 2. The molecule has 156 valence electrons. The number of carbonyl (C=O) groups is 2. The zero-order chi connectivity index (χ0) is 19.4. The Morgan fingerprint density at radius 2 is 1.68 bits per heavy atom.